The number of hydrogen-bond acceptors (Lipinski definition) is 6. The number of carbonyl (C=O) groups is 4. The first-order valence-corrected chi connectivity index (χ1v) is 3.78. The average molecular weight is 284 g/mol. The second-order valence-corrected chi connectivity index (χ2v) is 2.82. The number of aliphatic carboxylic acids is 2. The van der Waals surface area contributed by atoms with E-state index in [0.717, 1.165) is 0 Å². The summed E-state index contributed by atoms with van der Waals surface area (Å²) in [5, 5.41) is 34.1. The molecule has 0 rings (SSSR count). The molecule has 0 aliphatic carbocycles. The van der Waals surface area contributed by atoms with Crippen LogP contribution in [0.3, 0.4) is 0 Å². The molecule has 0 amide bonds. The Morgan fingerprint density at radius 1 is 1.00 bits per heavy atom. The van der Waals surface area contributed by atoms with Gasteiger partial charge in [-0.2, -0.15) is 0 Å². The summed E-state index contributed by atoms with van der Waals surface area (Å²) in [6.45, 7) is 0. The van der Waals surface area contributed by atoms with E-state index >= 15 is 0 Å². The van der Waals surface area contributed by atoms with E-state index in [4.69, 9.17) is 15.3 Å². The Hall–Kier alpha value is -0.160. The summed E-state index contributed by atoms with van der Waals surface area (Å²) >= 11 is 0. The number of carboxylic acid groups (broad SMARTS) is 3. The van der Waals surface area contributed by atoms with E-state index in [0.29, 0.717) is 0 Å². The molecule has 0 radical (unpaired) electrons. The molecule has 0 spiro atoms. The van der Waals surface area contributed by atoms with E-state index in [9.17, 15) is 24.3 Å². The van der Waals surface area contributed by atoms with E-state index in [1.165, 1.54) is 0 Å². The van der Waals surface area contributed by atoms with Crippen molar-refractivity contribution in [3.05, 3.63) is 0 Å². The maximum Gasteiger partial charge on any atom is 1.00 e. The van der Waals surface area contributed by atoms with Crippen LogP contribution in [0.5, 0.6) is 0 Å². The largest absolute Gasteiger partial charge is 1.00 e. The molecule has 0 aromatic rings. The second kappa shape index (κ2) is 9.73. The molecule has 0 aromatic carbocycles. The van der Waals surface area contributed by atoms with Crippen LogP contribution in [0.4, 0.5) is 4.79 Å². The minimum atomic E-state index is -2.89. The molecule has 4 N–H and O–H groups in total. The zero-order chi connectivity index (χ0) is 12.9. The van der Waals surface area contributed by atoms with Crippen LogP contribution < -0.4 is 59.1 Å². The number of carboxylic acids is 2. The fourth-order valence-corrected chi connectivity index (χ4v) is 0.836. The van der Waals surface area contributed by atoms with Gasteiger partial charge in [0, 0.05) is 0 Å². The van der Waals surface area contributed by atoms with Crippen molar-refractivity contribution in [1.82, 2.24) is 0 Å². The maximum atomic E-state index is 10.7. The van der Waals surface area contributed by atoms with Gasteiger partial charge in [0.1, 0.15) is 0 Å². The average Bonchev–Trinajstić information content (AvgIpc) is 1.98. The third kappa shape index (κ3) is 8.86. The van der Waals surface area contributed by atoms with Crippen molar-refractivity contribution in [2.24, 2.45) is 0 Å². The van der Waals surface area contributed by atoms with Gasteiger partial charge >= 0.3 is 83.2 Å². The molecule has 9 nitrogen and oxygen atoms in total. The second-order valence-electron chi connectivity index (χ2n) is 2.82. The molecule has 11 heteroatoms. The number of hydrogen-bond donors (Lipinski definition) is 4. The standard InChI is InChI=1S/C7H8O9.2Na.2H/c8-3(9)1-7(15,5(11)12)2-4(10)16-6(13)14;;;;/h15H,1-2H2,(H,8,9)(H,11,12)(H,13,14);;;;/q;2*+1;2*-1. The van der Waals surface area contributed by atoms with Crippen molar-refractivity contribution >= 4 is 24.1 Å². The van der Waals surface area contributed by atoms with E-state index in [-0.39, 0.29) is 62.0 Å². The maximum absolute atomic E-state index is 10.7. The Kier molecular flexibility index (Phi) is 12.4. The molecule has 0 saturated heterocycles. The van der Waals surface area contributed by atoms with E-state index in [1.54, 1.807) is 0 Å². The molecule has 1 atom stereocenters. The molecular weight excluding hydrogens is 274 g/mol. The van der Waals surface area contributed by atoms with Crippen molar-refractivity contribution in [1.29, 1.82) is 0 Å². The van der Waals surface area contributed by atoms with Crippen molar-refractivity contribution in [3.8, 4) is 0 Å². The van der Waals surface area contributed by atoms with Crippen molar-refractivity contribution in [2.75, 3.05) is 0 Å². The Bertz CT molecular complexity index is 351. The zero-order valence-electron chi connectivity index (χ0n) is 11.7. The molecule has 0 bridgehead atoms. The molecule has 0 heterocycles. The number of esters is 1. The zero-order valence-corrected chi connectivity index (χ0v) is 13.7. The molecule has 18 heavy (non-hydrogen) atoms. The summed E-state index contributed by atoms with van der Waals surface area (Å²) in [5.41, 5.74) is -2.89. The normalized spacial score (nSPS) is 12.1. The van der Waals surface area contributed by atoms with Gasteiger partial charge in [-0.15, -0.1) is 0 Å². The summed E-state index contributed by atoms with van der Waals surface area (Å²) in [7, 11) is 0. The number of carbonyl (C=O) groups excluding carboxylic acids is 1. The van der Waals surface area contributed by atoms with Crippen molar-refractivity contribution in [2.45, 2.75) is 18.4 Å². The molecule has 0 aromatic heterocycles. The van der Waals surface area contributed by atoms with Gasteiger partial charge < -0.3 is 28.0 Å². The molecular formula is C7H10Na2O9. The molecule has 0 aliphatic heterocycles. The Morgan fingerprint density at radius 2 is 1.44 bits per heavy atom. The summed E-state index contributed by atoms with van der Waals surface area (Å²) in [6, 6.07) is 0. The fraction of sp³-hybridized carbons (Fsp3) is 0.429. The van der Waals surface area contributed by atoms with Crippen LogP contribution in [0.1, 0.15) is 15.7 Å². The monoisotopic (exact) mass is 284 g/mol. The minimum absolute atomic E-state index is 0. The van der Waals surface area contributed by atoms with E-state index < -0.39 is 42.5 Å². The Morgan fingerprint density at radius 3 is 1.72 bits per heavy atom. The van der Waals surface area contributed by atoms with Crippen LogP contribution in [0, 0.1) is 0 Å². The van der Waals surface area contributed by atoms with Crippen LogP contribution >= 0.6 is 0 Å². The Labute approximate surface area is 148 Å². The van der Waals surface area contributed by atoms with Crippen LogP contribution in [0.2, 0.25) is 0 Å². The first-order chi connectivity index (χ1) is 7.17. The van der Waals surface area contributed by atoms with Crippen LogP contribution in [0.15, 0.2) is 0 Å². The van der Waals surface area contributed by atoms with Crippen LogP contribution in [-0.2, 0) is 19.1 Å². The fourth-order valence-electron chi connectivity index (χ4n) is 0.836. The quantitative estimate of drug-likeness (QED) is 0.218. The minimum Gasteiger partial charge on any atom is -1.00 e. The van der Waals surface area contributed by atoms with E-state index in [1.807, 2.05) is 0 Å². The van der Waals surface area contributed by atoms with Crippen molar-refractivity contribution < 1.29 is 106 Å². The predicted molar refractivity (Wildman–Crippen MR) is 45.8 cm³/mol. The van der Waals surface area contributed by atoms with Gasteiger partial charge in [-0.25, -0.2) is 9.59 Å². The first-order valence-electron chi connectivity index (χ1n) is 3.78. The SMILES string of the molecule is O=C(O)CC(O)(CC(=O)OC(=O)O)C(=O)O.[H-].[H-].[Na+].[Na+]. The summed E-state index contributed by atoms with van der Waals surface area (Å²) in [4.78, 5) is 41.4. The smallest absolute Gasteiger partial charge is 1.00 e. The molecule has 0 aliphatic rings. The van der Waals surface area contributed by atoms with Gasteiger partial charge in [-0.1, -0.05) is 0 Å². The number of rotatable bonds is 5. The summed E-state index contributed by atoms with van der Waals surface area (Å²) in [6.07, 6.45) is -4.51. The number of ether oxygens (including phenoxy) is 1. The predicted octanol–water partition coefficient (Wildman–Crippen LogP) is -6.88. The van der Waals surface area contributed by atoms with Crippen LogP contribution in [0.25, 0.3) is 0 Å². The Balaban J connectivity index is -0.000000187. The van der Waals surface area contributed by atoms with Gasteiger partial charge in [0.15, 0.2) is 5.60 Å². The molecule has 0 saturated carbocycles. The van der Waals surface area contributed by atoms with Gasteiger partial charge in [-0.05, 0) is 0 Å². The van der Waals surface area contributed by atoms with Crippen LogP contribution in [-0.4, -0.2) is 50.1 Å². The van der Waals surface area contributed by atoms with Crippen molar-refractivity contribution in [3.63, 3.8) is 0 Å². The number of aliphatic hydroxyl groups is 1. The summed E-state index contributed by atoms with van der Waals surface area (Å²) < 4.78 is 3.54. The third-order valence-corrected chi connectivity index (χ3v) is 1.48. The van der Waals surface area contributed by atoms with Gasteiger partial charge in [-0.3, -0.25) is 9.59 Å². The summed E-state index contributed by atoms with van der Waals surface area (Å²) in [5.74, 6) is -5.18. The third-order valence-electron chi connectivity index (χ3n) is 1.48. The van der Waals surface area contributed by atoms with Gasteiger partial charge in [0.2, 0.25) is 0 Å². The van der Waals surface area contributed by atoms with Gasteiger partial charge in [0.05, 0.1) is 12.8 Å². The topological polar surface area (TPSA) is 158 Å². The van der Waals surface area contributed by atoms with E-state index in [2.05, 4.69) is 4.74 Å². The molecule has 1 unspecified atom stereocenters. The molecule has 0 fully saturated rings. The van der Waals surface area contributed by atoms with Gasteiger partial charge in [0.25, 0.3) is 0 Å². The first kappa shape index (κ1) is 23.0. The molecule has 94 valence electrons.